The van der Waals surface area contributed by atoms with E-state index in [9.17, 15) is 4.79 Å². The van der Waals surface area contributed by atoms with Crippen molar-refractivity contribution in [2.75, 3.05) is 12.4 Å². The Balaban J connectivity index is 2.80. The molecule has 2 N–H and O–H groups in total. The van der Waals surface area contributed by atoms with Crippen LogP contribution >= 0.6 is 11.8 Å². The van der Waals surface area contributed by atoms with Gasteiger partial charge in [0.25, 0.3) is 0 Å². The van der Waals surface area contributed by atoms with Gasteiger partial charge in [-0.3, -0.25) is 4.79 Å². The van der Waals surface area contributed by atoms with Gasteiger partial charge >= 0.3 is 5.97 Å². The maximum Gasteiger partial charge on any atom is 0.313 e. The van der Waals surface area contributed by atoms with Crippen molar-refractivity contribution in [3.8, 4) is 0 Å². The number of nitrogens with zero attached hydrogens (tertiary/aromatic N) is 3. The van der Waals surface area contributed by atoms with Crippen LogP contribution in [0.5, 0.6) is 0 Å². The minimum Gasteiger partial charge on any atom is -0.481 e. The number of aliphatic hydroxyl groups excluding tert-OH is 1. The van der Waals surface area contributed by atoms with E-state index < -0.39 is 5.97 Å². The van der Waals surface area contributed by atoms with E-state index in [-0.39, 0.29) is 12.4 Å². The maximum atomic E-state index is 10.6. The number of aliphatic hydroxyl groups is 1. The van der Waals surface area contributed by atoms with E-state index in [4.69, 9.17) is 10.2 Å². The van der Waals surface area contributed by atoms with Gasteiger partial charge in [-0.1, -0.05) is 25.6 Å². The highest BCUT2D eigenvalue weighted by Crippen LogP contribution is 2.19. The van der Waals surface area contributed by atoms with Gasteiger partial charge < -0.3 is 14.8 Å². The zero-order valence-electron chi connectivity index (χ0n) is 10.7. The largest absolute Gasteiger partial charge is 0.481 e. The van der Waals surface area contributed by atoms with Crippen LogP contribution in [0.3, 0.4) is 0 Å². The van der Waals surface area contributed by atoms with Gasteiger partial charge in [-0.25, -0.2) is 0 Å². The van der Waals surface area contributed by atoms with E-state index in [0.717, 1.165) is 12.4 Å². The molecule has 18 heavy (non-hydrogen) atoms. The molecule has 0 aliphatic rings. The number of aromatic nitrogens is 3. The summed E-state index contributed by atoms with van der Waals surface area (Å²) in [7, 11) is 0. The molecule has 0 fully saturated rings. The van der Waals surface area contributed by atoms with E-state index in [1.165, 1.54) is 11.8 Å². The number of aryl methyl sites for hydroxylation is 1. The molecule has 1 aromatic heterocycles. The number of carboxylic acids is 1. The zero-order valence-corrected chi connectivity index (χ0v) is 11.5. The Morgan fingerprint density at radius 1 is 1.44 bits per heavy atom. The summed E-state index contributed by atoms with van der Waals surface area (Å²) >= 11 is 1.18. The number of hydrogen-bond acceptors (Lipinski definition) is 5. The summed E-state index contributed by atoms with van der Waals surface area (Å²) in [5, 5.41) is 26.3. The highest BCUT2D eigenvalue weighted by Gasteiger charge is 2.14. The van der Waals surface area contributed by atoms with Crippen LogP contribution in [0.2, 0.25) is 0 Å². The van der Waals surface area contributed by atoms with Gasteiger partial charge in [-0.2, -0.15) is 0 Å². The maximum absolute atomic E-state index is 10.6. The second kappa shape index (κ2) is 7.38. The molecule has 102 valence electrons. The monoisotopic (exact) mass is 273 g/mol. The van der Waals surface area contributed by atoms with E-state index in [2.05, 4.69) is 24.0 Å². The third-order valence-corrected chi connectivity index (χ3v) is 3.18. The third-order valence-electron chi connectivity index (χ3n) is 2.22. The Morgan fingerprint density at radius 3 is 2.72 bits per heavy atom. The number of rotatable bonds is 8. The Kier molecular flexibility index (Phi) is 6.14. The van der Waals surface area contributed by atoms with Crippen molar-refractivity contribution in [1.29, 1.82) is 0 Å². The minimum atomic E-state index is -0.865. The predicted molar refractivity (Wildman–Crippen MR) is 68.6 cm³/mol. The summed E-state index contributed by atoms with van der Waals surface area (Å²) in [5.41, 5.74) is 0. The first kappa shape index (κ1) is 15.0. The van der Waals surface area contributed by atoms with Crippen LogP contribution in [0.4, 0.5) is 0 Å². The normalized spacial score (nSPS) is 11.1. The lowest BCUT2D eigenvalue weighted by atomic mass is 10.2. The number of carboxylic acid groups (broad SMARTS) is 1. The van der Waals surface area contributed by atoms with Gasteiger partial charge in [-0.15, -0.1) is 10.2 Å². The van der Waals surface area contributed by atoms with Crippen molar-refractivity contribution in [2.24, 2.45) is 5.92 Å². The fourth-order valence-electron chi connectivity index (χ4n) is 1.52. The molecular weight excluding hydrogens is 254 g/mol. The number of thioether (sulfide) groups is 1. The molecular formula is C11H19N3O3S. The fraction of sp³-hybridized carbons (Fsp3) is 0.727. The first-order chi connectivity index (χ1) is 8.54. The average molecular weight is 273 g/mol. The standard InChI is InChI=1S/C11H19N3O3S/c1-8(2)6-14-9(4-3-5-15)12-13-11(14)18-7-10(16)17/h8,15H,3-7H2,1-2H3,(H,16,17). The smallest absolute Gasteiger partial charge is 0.313 e. The number of hydrogen-bond donors (Lipinski definition) is 2. The van der Waals surface area contributed by atoms with Gasteiger partial charge in [0.1, 0.15) is 5.82 Å². The van der Waals surface area contributed by atoms with Crippen molar-refractivity contribution < 1.29 is 15.0 Å². The molecule has 0 amide bonds. The summed E-state index contributed by atoms with van der Waals surface area (Å²) in [6, 6.07) is 0. The van der Waals surface area contributed by atoms with Crippen molar-refractivity contribution in [3.63, 3.8) is 0 Å². The van der Waals surface area contributed by atoms with Crippen LogP contribution in [0, 0.1) is 5.92 Å². The van der Waals surface area contributed by atoms with E-state index in [0.29, 0.717) is 23.9 Å². The summed E-state index contributed by atoms with van der Waals surface area (Å²) in [5.74, 6) is 0.357. The minimum absolute atomic E-state index is 0.0176. The van der Waals surface area contributed by atoms with E-state index >= 15 is 0 Å². The molecule has 0 aliphatic heterocycles. The van der Waals surface area contributed by atoms with Crippen LogP contribution < -0.4 is 0 Å². The molecule has 0 atom stereocenters. The van der Waals surface area contributed by atoms with Gasteiger partial charge in [0.05, 0.1) is 5.75 Å². The Labute approximate surface area is 110 Å². The van der Waals surface area contributed by atoms with E-state index in [1.54, 1.807) is 0 Å². The zero-order chi connectivity index (χ0) is 13.5. The SMILES string of the molecule is CC(C)Cn1c(CCCO)nnc1SCC(=O)O. The Hall–Kier alpha value is -1.08. The molecule has 0 aliphatic carbocycles. The van der Waals surface area contributed by atoms with Crippen LogP contribution in [0.1, 0.15) is 26.1 Å². The quantitative estimate of drug-likeness (QED) is 0.688. The second-order valence-corrected chi connectivity index (χ2v) is 5.36. The van der Waals surface area contributed by atoms with E-state index in [1.807, 2.05) is 4.57 Å². The van der Waals surface area contributed by atoms with Crippen LogP contribution in [-0.2, 0) is 17.8 Å². The first-order valence-corrected chi connectivity index (χ1v) is 6.90. The van der Waals surface area contributed by atoms with Gasteiger partial charge in [0, 0.05) is 19.6 Å². The van der Waals surface area contributed by atoms with Gasteiger partial charge in [0.2, 0.25) is 0 Å². The summed E-state index contributed by atoms with van der Waals surface area (Å²) in [4.78, 5) is 10.6. The van der Waals surface area contributed by atoms with Crippen molar-refractivity contribution in [1.82, 2.24) is 14.8 Å². The van der Waals surface area contributed by atoms with Crippen molar-refractivity contribution >= 4 is 17.7 Å². The molecule has 0 saturated carbocycles. The van der Waals surface area contributed by atoms with Gasteiger partial charge in [0.15, 0.2) is 5.16 Å². The first-order valence-electron chi connectivity index (χ1n) is 5.92. The van der Waals surface area contributed by atoms with Gasteiger partial charge in [-0.05, 0) is 12.3 Å². The molecule has 1 rings (SSSR count). The lowest BCUT2D eigenvalue weighted by Gasteiger charge is -2.11. The summed E-state index contributed by atoms with van der Waals surface area (Å²) < 4.78 is 1.95. The number of carbonyl (C=O) groups is 1. The lowest BCUT2D eigenvalue weighted by Crippen LogP contribution is -2.11. The molecule has 0 aromatic carbocycles. The van der Waals surface area contributed by atoms with Crippen molar-refractivity contribution in [3.05, 3.63) is 5.82 Å². The molecule has 7 heteroatoms. The number of aliphatic carboxylic acids is 1. The molecule has 1 aromatic rings. The molecule has 0 spiro atoms. The Bertz CT molecular complexity index is 393. The Morgan fingerprint density at radius 2 is 2.17 bits per heavy atom. The molecule has 0 saturated heterocycles. The molecule has 6 nitrogen and oxygen atoms in total. The summed E-state index contributed by atoms with van der Waals surface area (Å²) in [6.45, 7) is 5.05. The second-order valence-electron chi connectivity index (χ2n) is 4.41. The summed E-state index contributed by atoms with van der Waals surface area (Å²) in [6.07, 6.45) is 1.30. The fourth-order valence-corrected chi connectivity index (χ4v) is 2.21. The molecule has 0 bridgehead atoms. The van der Waals surface area contributed by atoms with Crippen LogP contribution in [-0.4, -0.2) is 43.3 Å². The molecule has 0 unspecified atom stereocenters. The lowest BCUT2D eigenvalue weighted by molar-refractivity contribution is -0.133. The average Bonchev–Trinajstić information content (AvgIpc) is 2.65. The molecule has 0 radical (unpaired) electrons. The highest BCUT2D eigenvalue weighted by molar-refractivity contribution is 7.99. The van der Waals surface area contributed by atoms with Crippen molar-refractivity contribution in [2.45, 2.75) is 38.4 Å². The molecule has 1 heterocycles. The topological polar surface area (TPSA) is 88.2 Å². The third kappa shape index (κ3) is 4.66. The van der Waals surface area contributed by atoms with Crippen LogP contribution in [0.15, 0.2) is 5.16 Å². The predicted octanol–water partition coefficient (Wildman–Crippen LogP) is 1.04. The van der Waals surface area contributed by atoms with Crippen LogP contribution in [0.25, 0.3) is 0 Å². The highest BCUT2D eigenvalue weighted by atomic mass is 32.2.